The molecule has 0 saturated heterocycles. The average Bonchev–Trinajstić information content (AvgIpc) is 2.62. The molecule has 0 N–H and O–H groups in total. The molecule has 0 aromatic heterocycles. The number of halogens is 1. The third-order valence-corrected chi connectivity index (χ3v) is 4.34. The van der Waals surface area contributed by atoms with Crippen molar-refractivity contribution in [3.63, 3.8) is 0 Å². The number of rotatable bonds is 2. The maximum atomic E-state index is 12.6. The molecule has 0 heterocycles. The Hall–Kier alpha value is -2.84. The number of benzene rings is 4. The lowest BCUT2D eigenvalue weighted by molar-refractivity contribution is 0.0739. The van der Waals surface area contributed by atoms with Gasteiger partial charge in [0.1, 0.15) is 5.75 Å². The predicted octanol–water partition coefficient (Wildman–Crippen LogP) is 5.87. The highest BCUT2D eigenvalue weighted by Gasteiger charge is 2.16. The number of fused-ring (bicyclic) bond motifs is 2. The van der Waals surface area contributed by atoms with Crippen LogP contribution in [0.1, 0.15) is 10.4 Å². The molecule has 0 atom stereocenters. The Balaban J connectivity index is 1.91. The molecule has 0 fully saturated rings. The van der Waals surface area contributed by atoms with Gasteiger partial charge in [0.25, 0.3) is 0 Å². The van der Waals surface area contributed by atoms with Crippen LogP contribution in [0.4, 0.5) is 0 Å². The second-order valence-electron chi connectivity index (χ2n) is 5.52. The zero-order valence-corrected chi connectivity index (χ0v) is 13.5. The molecule has 4 aromatic carbocycles. The number of carbonyl (C=O) groups excluding carboxylic acids is 1. The van der Waals surface area contributed by atoms with Crippen molar-refractivity contribution in [3.8, 4) is 5.75 Å². The first-order chi connectivity index (χ1) is 11.7. The summed E-state index contributed by atoms with van der Waals surface area (Å²) in [4.78, 5) is 12.6. The standard InChI is InChI=1S/C21H13ClO2/c22-19-12-6-5-11-18(19)21(23)24-20-16-9-3-1-7-14(16)13-15-8-2-4-10-17(15)20/h1-13H. The van der Waals surface area contributed by atoms with Gasteiger partial charge in [-0.1, -0.05) is 72.3 Å². The van der Waals surface area contributed by atoms with Crippen LogP contribution in [0.3, 0.4) is 0 Å². The number of carbonyl (C=O) groups is 1. The van der Waals surface area contributed by atoms with Crippen LogP contribution in [0.2, 0.25) is 5.02 Å². The molecule has 0 bridgehead atoms. The van der Waals surface area contributed by atoms with Gasteiger partial charge < -0.3 is 4.74 Å². The molecule has 3 heteroatoms. The number of hydrogen-bond acceptors (Lipinski definition) is 2. The quantitative estimate of drug-likeness (QED) is 0.261. The number of hydrogen-bond donors (Lipinski definition) is 0. The van der Waals surface area contributed by atoms with E-state index in [0.717, 1.165) is 21.5 Å². The van der Waals surface area contributed by atoms with Crippen LogP contribution in [0.5, 0.6) is 5.75 Å². The van der Waals surface area contributed by atoms with Crippen LogP contribution in [0.15, 0.2) is 78.9 Å². The van der Waals surface area contributed by atoms with Crippen molar-refractivity contribution in [3.05, 3.63) is 89.4 Å². The van der Waals surface area contributed by atoms with Crippen molar-refractivity contribution in [2.45, 2.75) is 0 Å². The predicted molar refractivity (Wildman–Crippen MR) is 97.9 cm³/mol. The first-order valence-corrected chi connectivity index (χ1v) is 7.99. The van der Waals surface area contributed by atoms with Crippen LogP contribution in [-0.2, 0) is 0 Å². The Morgan fingerprint density at radius 2 is 1.29 bits per heavy atom. The second-order valence-corrected chi connectivity index (χ2v) is 5.92. The third-order valence-electron chi connectivity index (χ3n) is 4.01. The van der Waals surface area contributed by atoms with Crippen molar-refractivity contribution in [1.29, 1.82) is 0 Å². The summed E-state index contributed by atoms with van der Waals surface area (Å²) in [5.74, 6) is 0.107. The van der Waals surface area contributed by atoms with E-state index in [1.807, 2.05) is 48.5 Å². The van der Waals surface area contributed by atoms with Crippen molar-refractivity contribution >= 4 is 39.1 Å². The molecule has 116 valence electrons. The molecule has 0 aliphatic carbocycles. The van der Waals surface area contributed by atoms with Crippen LogP contribution in [-0.4, -0.2) is 5.97 Å². The van der Waals surface area contributed by atoms with E-state index in [-0.39, 0.29) is 0 Å². The van der Waals surface area contributed by atoms with Crippen molar-refractivity contribution in [2.24, 2.45) is 0 Å². The fourth-order valence-corrected chi connectivity index (χ4v) is 3.07. The fourth-order valence-electron chi connectivity index (χ4n) is 2.86. The highest BCUT2D eigenvalue weighted by atomic mass is 35.5. The van der Waals surface area contributed by atoms with Gasteiger partial charge in [-0.3, -0.25) is 0 Å². The summed E-state index contributed by atoms with van der Waals surface area (Å²) in [6, 6.07) is 24.7. The van der Waals surface area contributed by atoms with E-state index in [9.17, 15) is 4.79 Å². The molecular formula is C21H13ClO2. The zero-order valence-electron chi connectivity index (χ0n) is 12.7. The molecule has 0 spiro atoms. The largest absolute Gasteiger partial charge is 0.422 e. The summed E-state index contributed by atoms with van der Waals surface area (Å²) in [6.07, 6.45) is 0. The molecule has 0 radical (unpaired) electrons. The smallest absolute Gasteiger partial charge is 0.345 e. The summed E-state index contributed by atoms with van der Waals surface area (Å²) >= 11 is 6.12. The maximum absolute atomic E-state index is 12.6. The summed E-state index contributed by atoms with van der Waals surface area (Å²) < 4.78 is 5.78. The minimum atomic E-state index is -0.456. The molecule has 2 nitrogen and oxygen atoms in total. The molecule has 0 aliphatic rings. The normalized spacial score (nSPS) is 10.9. The lowest BCUT2D eigenvalue weighted by Crippen LogP contribution is -2.09. The fraction of sp³-hybridized carbons (Fsp3) is 0. The van der Waals surface area contributed by atoms with E-state index in [1.165, 1.54) is 0 Å². The van der Waals surface area contributed by atoms with Gasteiger partial charge in [-0.25, -0.2) is 4.79 Å². The summed E-state index contributed by atoms with van der Waals surface area (Å²) in [5.41, 5.74) is 0.358. The molecule has 0 saturated carbocycles. The minimum Gasteiger partial charge on any atom is -0.422 e. The van der Waals surface area contributed by atoms with Gasteiger partial charge in [-0.15, -0.1) is 0 Å². The Bertz CT molecular complexity index is 1020. The number of ether oxygens (including phenoxy) is 1. The van der Waals surface area contributed by atoms with Crippen molar-refractivity contribution < 1.29 is 9.53 Å². The lowest BCUT2D eigenvalue weighted by atomic mass is 10.0. The van der Waals surface area contributed by atoms with E-state index in [4.69, 9.17) is 16.3 Å². The third kappa shape index (κ3) is 2.51. The lowest BCUT2D eigenvalue weighted by Gasteiger charge is -2.12. The molecule has 0 amide bonds. The highest BCUT2D eigenvalue weighted by Crippen LogP contribution is 2.35. The van der Waals surface area contributed by atoms with E-state index < -0.39 is 5.97 Å². The molecular weight excluding hydrogens is 320 g/mol. The van der Waals surface area contributed by atoms with Crippen molar-refractivity contribution in [1.82, 2.24) is 0 Å². The van der Waals surface area contributed by atoms with Gasteiger partial charge in [0.2, 0.25) is 0 Å². The van der Waals surface area contributed by atoms with E-state index in [2.05, 4.69) is 6.07 Å². The molecule has 0 unspecified atom stereocenters. The highest BCUT2D eigenvalue weighted by molar-refractivity contribution is 6.33. The van der Waals surface area contributed by atoms with Crippen LogP contribution >= 0.6 is 11.6 Å². The second kappa shape index (κ2) is 5.99. The van der Waals surface area contributed by atoms with Crippen LogP contribution in [0.25, 0.3) is 21.5 Å². The van der Waals surface area contributed by atoms with E-state index >= 15 is 0 Å². The summed E-state index contributed by atoms with van der Waals surface area (Å²) in [7, 11) is 0. The van der Waals surface area contributed by atoms with Crippen LogP contribution in [0, 0.1) is 0 Å². The summed E-state index contributed by atoms with van der Waals surface area (Å²) in [5, 5.41) is 4.23. The molecule has 24 heavy (non-hydrogen) atoms. The minimum absolute atomic E-state index is 0.358. The van der Waals surface area contributed by atoms with Gasteiger partial charge in [-0.2, -0.15) is 0 Å². The SMILES string of the molecule is O=C(Oc1c2ccccc2cc2ccccc12)c1ccccc1Cl. The van der Waals surface area contributed by atoms with Gasteiger partial charge in [0.05, 0.1) is 10.6 Å². The first kappa shape index (κ1) is 14.7. The molecule has 4 rings (SSSR count). The maximum Gasteiger partial charge on any atom is 0.345 e. The van der Waals surface area contributed by atoms with E-state index in [0.29, 0.717) is 16.3 Å². The molecule has 0 aliphatic heterocycles. The zero-order chi connectivity index (χ0) is 16.5. The summed E-state index contributed by atoms with van der Waals surface area (Å²) in [6.45, 7) is 0. The Labute approximate surface area is 144 Å². The topological polar surface area (TPSA) is 26.3 Å². The Morgan fingerprint density at radius 3 is 1.92 bits per heavy atom. The van der Waals surface area contributed by atoms with Gasteiger partial charge in [0.15, 0.2) is 0 Å². The monoisotopic (exact) mass is 332 g/mol. The number of esters is 1. The Morgan fingerprint density at radius 1 is 0.750 bits per heavy atom. The average molecular weight is 333 g/mol. The van der Waals surface area contributed by atoms with Crippen LogP contribution < -0.4 is 4.74 Å². The van der Waals surface area contributed by atoms with Gasteiger partial charge in [-0.05, 0) is 29.0 Å². The van der Waals surface area contributed by atoms with E-state index in [1.54, 1.807) is 24.3 Å². The van der Waals surface area contributed by atoms with Gasteiger partial charge in [0, 0.05) is 10.8 Å². The van der Waals surface area contributed by atoms with Gasteiger partial charge >= 0.3 is 5.97 Å². The van der Waals surface area contributed by atoms with Crippen molar-refractivity contribution in [2.75, 3.05) is 0 Å². The Kier molecular flexibility index (Phi) is 3.68. The molecule has 4 aromatic rings. The first-order valence-electron chi connectivity index (χ1n) is 7.61.